The molecule has 1 aliphatic carbocycles. The number of carbonyl (C=O) groups is 4. The molecule has 0 N–H and O–H groups in total. The minimum atomic E-state index is -0.857. The Balaban J connectivity index is 1.33. The summed E-state index contributed by atoms with van der Waals surface area (Å²) in [5.41, 5.74) is 2.45. The molecule has 0 saturated heterocycles. The zero-order chi connectivity index (χ0) is 22.1. The molecule has 6 heteroatoms. The summed E-state index contributed by atoms with van der Waals surface area (Å²) in [6, 6.07) is 13.8. The number of carbonyl (C=O) groups excluding carboxylic acids is 4. The fourth-order valence-corrected chi connectivity index (χ4v) is 4.39. The molecule has 2 aromatic carbocycles. The van der Waals surface area contributed by atoms with Crippen LogP contribution in [0.3, 0.4) is 0 Å². The van der Waals surface area contributed by atoms with Gasteiger partial charge in [-0.2, -0.15) is 0 Å². The average Bonchev–Trinajstić information content (AvgIpc) is 3.04. The van der Waals surface area contributed by atoms with Crippen molar-refractivity contribution in [2.45, 2.75) is 51.7 Å². The number of esters is 1. The summed E-state index contributed by atoms with van der Waals surface area (Å²) in [5.74, 6) is -1.48. The Morgan fingerprint density at radius 1 is 0.903 bits per heavy atom. The number of fused-ring (bicyclic) bond motifs is 1. The van der Waals surface area contributed by atoms with E-state index in [9.17, 15) is 19.2 Å². The average molecular weight is 419 g/mol. The smallest absolute Gasteiger partial charge is 0.309 e. The van der Waals surface area contributed by atoms with Crippen molar-refractivity contribution in [3.8, 4) is 0 Å². The lowest BCUT2D eigenvalue weighted by atomic mass is 9.85. The molecule has 0 aromatic heterocycles. The third kappa shape index (κ3) is 4.02. The van der Waals surface area contributed by atoms with Crippen molar-refractivity contribution in [1.29, 1.82) is 0 Å². The van der Waals surface area contributed by atoms with Crippen molar-refractivity contribution in [2.75, 3.05) is 0 Å². The van der Waals surface area contributed by atoms with Crippen LogP contribution in [0.4, 0.5) is 0 Å². The number of rotatable bonds is 5. The van der Waals surface area contributed by atoms with E-state index in [0.717, 1.165) is 5.56 Å². The van der Waals surface area contributed by atoms with Crippen LogP contribution in [-0.2, 0) is 9.53 Å². The monoisotopic (exact) mass is 419 g/mol. The molecule has 0 spiro atoms. The van der Waals surface area contributed by atoms with Gasteiger partial charge in [-0.1, -0.05) is 42.0 Å². The van der Waals surface area contributed by atoms with Gasteiger partial charge in [-0.15, -0.1) is 0 Å². The largest absolute Gasteiger partial charge is 0.454 e. The van der Waals surface area contributed by atoms with Crippen molar-refractivity contribution in [1.82, 2.24) is 4.90 Å². The van der Waals surface area contributed by atoms with Gasteiger partial charge in [-0.3, -0.25) is 24.1 Å². The number of nitrogens with zero attached hydrogens (tertiary/aromatic N) is 1. The standard InChI is InChI=1S/C25H25NO5/c1-15-7-9-17(10-8-15)22(27)16(2)31-25(30)18-11-13-19(14-12-18)26-23(28)20-5-3-4-6-21(20)24(26)29/h3-10,16,18-19H,11-14H2,1-2H3/t16-,18?,19?/m1/s1. The fourth-order valence-electron chi connectivity index (χ4n) is 4.39. The van der Waals surface area contributed by atoms with Gasteiger partial charge >= 0.3 is 5.97 Å². The molecular weight excluding hydrogens is 394 g/mol. The van der Waals surface area contributed by atoms with E-state index in [1.54, 1.807) is 43.3 Å². The molecule has 4 rings (SSSR count). The van der Waals surface area contributed by atoms with Crippen LogP contribution in [0.25, 0.3) is 0 Å². The third-order valence-corrected chi connectivity index (χ3v) is 6.22. The van der Waals surface area contributed by atoms with E-state index < -0.39 is 12.1 Å². The van der Waals surface area contributed by atoms with E-state index in [4.69, 9.17) is 4.74 Å². The molecule has 1 fully saturated rings. The fraction of sp³-hybridized carbons (Fsp3) is 0.360. The Morgan fingerprint density at radius 3 is 2.00 bits per heavy atom. The Morgan fingerprint density at radius 2 is 1.45 bits per heavy atom. The van der Waals surface area contributed by atoms with Crippen molar-refractivity contribution in [3.05, 3.63) is 70.8 Å². The number of hydrogen-bond acceptors (Lipinski definition) is 5. The summed E-state index contributed by atoms with van der Waals surface area (Å²) in [6.07, 6.45) is 1.27. The zero-order valence-corrected chi connectivity index (χ0v) is 17.7. The number of aryl methyl sites for hydroxylation is 1. The van der Waals surface area contributed by atoms with Crippen molar-refractivity contribution >= 4 is 23.6 Å². The van der Waals surface area contributed by atoms with Gasteiger partial charge in [0.1, 0.15) is 0 Å². The van der Waals surface area contributed by atoms with Gasteiger partial charge in [0.15, 0.2) is 6.10 Å². The number of ether oxygens (including phenoxy) is 1. The molecule has 0 radical (unpaired) electrons. The third-order valence-electron chi connectivity index (χ3n) is 6.22. The molecule has 1 saturated carbocycles. The van der Waals surface area contributed by atoms with Crippen LogP contribution in [-0.4, -0.2) is 40.6 Å². The lowest BCUT2D eigenvalue weighted by Crippen LogP contribution is -2.43. The molecule has 1 aliphatic heterocycles. The summed E-state index contributed by atoms with van der Waals surface area (Å²) in [5, 5.41) is 0. The van der Waals surface area contributed by atoms with E-state index in [0.29, 0.717) is 42.4 Å². The highest BCUT2D eigenvalue weighted by atomic mass is 16.5. The minimum absolute atomic E-state index is 0.219. The van der Waals surface area contributed by atoms with Crippen LogP contribution < -0.4 is 0 Å². The quantitative estimate of drug-likeness (QED) is 0.416. The molecule has 1 heterocycles. The van der Waals surface area contributed by atoms with Gasteiger partial charge < -0.3 is 4.74 Å². The molecule has 6 nitrogen and oxygen atoms in total. The maximum absolute atomic E-state index is 12.7. The normalized spacial score (nSPS) is 21.5. The molecule has 31 heavy (non-hydrogen) atoms. The van der Waals surface area contributed by atoms with E-state index in [1.807, 2.05) is 19.1 Å². The van der Waals surface area contributed by atoms with Crippen molar-refractivity contribution in [2.24, 2.45) is 5.92 Å². The highest BCUT2D eigenvalue weighted by molar-refractivity contribution is 6.21. The highest BCUT2D eigenvalue weighted by Crippen LogP contribution is 2.33. The summed E-state index contributed by atoms with van der Waals surface area (Å²) < 4.78 is 5.45. The predicted octanol–water partition coefficient (Wildman–Crippen LogP) is 3.96. The molecule has 160 valence electrons. The van der Waals surface area contributed by atoms with Crippen LogP contribution in [0.15, 0.2) is 48.5 Å². The van der Waals surface area contributed by atoms with Gasteiger partial charge in [0.25, 0.3) is 11.8 Å². The van der Waals surface area contributed by atoms with E-state index in [1.165, 1.54) is 4.90 Å². The van der Waals surface area contributed by atoms with Crippen molar-refractivity contribution < 1.29 is 23.9 Å². The first-order chi connectivity index (χ1) is 14.9. The number of ketones is 1. The predicted molar refractivity (Wildman–Crippen MR) is 114 cm³/mol. The van der Waals surface area contributed by atoms with Crippen LogP contribution in [0.2, 0.25) is 0 Å². The van der Waals surface area contributed by atoms with Crippen molar-refractivity contribution in [3.63, 3.8) is 0 Å². The minimum Gasteiger partial charge on any atom is -0.454 e. The Kier molecular flexibility index (Phi) is 5.72. The maximum atomic E-state index is 12.7. The van der Waals surface area contributed by atoms with Crippen LogP contribution in [0.1, 0.15) is 69.2 Å². The molecule has 2 amide bonds. The topological polar surface area (TPSA) is 80.8 Å². The Bertz CT molecular complexity index is 999. The van der Waals surface area contributed by atoms with Crippen LogP contribution in [0, 0.1) is 12.8 Å². The second kappa shape index (κ2) is 8.46. The lowest BCUT2D eigenvalue weighted by Gasteiger charge is -2.32. The lowest BCUT2D eigenvalue weighted by molar-refractivity contribution is -0.152. The summed E-state index contributed by atoms with van der Waals surface area (Å²) in [6.45, 7) is 3.53. The highest BCUT2D eigenvalue weighted by Gasteiger charge is 2.42. The Hall–Kier alpha value is -3.28. The number of hydrogen-bond donors (Lipinski definition) is 0. The number of imide groups is 1. The van der Waals surface area contributed by atoms with E-state index >= 15 is 0 Å². The first kappa shape index (κ1) is 21.0. The zero-order valence-electron chi connectivity index (χ0n) is 17.7. The molecular formula is C25H25NO5. The number of Topliss-reactive ketones (excluding diaryl/α,β-unsaturated/α-hetero) is 1. The van der Waals surface area contributed by atoms with Gasteiger partial charge in [0.05, 0.1) is 17.0 Å². The summed E-state index contributed by atoms with van der Waals surface area (Å²) in [7, 11) is 0. The van der Waals surface area contributed by atoms with Crippen LogP contribution in [0.5, 0.6) is 0 Å². The first-order valence-electron chi connectivity index (χ1n) is 10.6. The number of benzene rings is 2. The Labute approximate surface area is 181 Å². The second-order valence-corrected chi connectivity index (χ2v) is 8.34. The first-order valence-corrected chi connectivity index (χ1v) is 10.6. The molecule has 2 aromatic rings. The van der Waals surface area contributed by atoms with E-state index in [2.05, 4.69) is 0 Å². The molecule has 0 unspecified atom stereocenters. The van der Waals surface area contributed by atoms with Crippen LogP contribution >= 0.6 is 0 Å². The SMILES string of the molecule is Cc1ccc(C(=O)[C@@H](C)OC(=O)C2CCC(N3C(=O)c4ccccc4C3=O)CC2)cc1. The summed E-state index contributed by atoms with van der Waals surface area (Å²) >= 11 is 0. The molecule has 0 bridgehead atoms. The van der Waals surface area contributed by atoms with Gasteiger partial charge in [-0.25, -0.2) is 0 Å². The second-order valence-electron chi connectivity index (χ2n) is 8.34. The summed E-state index contributed by atoms with van der Waals surface area (Å²) in [4.78, 5) is 51.8. The van der Waals surface area contributed by atoms with Gasteiger partial charge in [0, 0.05) is 11.6 Å². The maximum Gasteiger partial charge on any atom is 0.309 e. The molecule has 2 aliphatic rings. The van der Waals surface area contributed by atoms with Gasteiger partial charge in [-0.05, 0) is 51.7 Å². The molecule has 1 atom stereocenters. The number of amides is 2. The van der Waals surface area contributed by atoms with E-state index in [-0.39, 0.29) is 29.6 Å². The van der Waals surface area contributed by atoms with Gasteiger partial charge in [0.2, 0.25) is 5.78 Å².